The zero-order chi connectivity index (χ0) is 18.4. The van der Waals surface area contributed by atoms with Gasteiger partial charge in [0.2, 0.25) is 12.7 Å². The molecule has 9 heteroatoms. The van der Waals surface area contributed by atoms with Crippen molar-refractivity contribution >= 4 is 18.3 Å². The summed E-state index contributed by atoms with van der Waals surface area (Å²) in [5.41, 5.74) is 0.443. The molecule has 1 amide bonds. The number of hydrogen-bond acceptors (Lipinski definition) is 7. The van der Waals surface area contributed by atoms with Gasteiger partial charge in [-0.15, -0.1) is 12.4 Å². The van der Waals surface area contributed by atoms with Gasteiger partial charge in [-0.05, 0) is 43.9 Å². The van der Waals surface area contributed by atoms with Gasteiger partial charge in [-0.25, -0.2) is 0 Å². The molecule has 8 nitrogen and oxygen atoms in total. The van der Waals surface area contributed by atoms with E-state index in [0.29, 0.717) is 29.3 Å². The van der Waals surface area contributed by atoms with Crippen LogP contribution in [0.2, 0.25) is 0 Å². The highest BCUT2D eigenvalue weighted by molar-refractivity contribution is 5.85. The molecule has 0 saturated carbocycles. The molecule has 2 fully saturated rings. The first kappa shape index (κ1) is 19.0. The van der Waals surface area contributed by atoms with Crippen molar-refractivity contribution in [3.05, 3.63) is 24.0 Å². The fourth-order valence-electron chi connectivity index (χ4n) is 4.61. The van der Waals surface area contributed by atoms with E-state index in [1.807, 2.05) is 18.2 Å². The fraction of sp³-hybridized carbons (Fsp3) is 0.526. The summed E-state index contributed by atoms with van der Waals surface area (Å²) in [4.78, 5) is 17.3. The predicted molar refractivity (Wildman–Crippen MR) is 102 cm³/mol. The molecule has 150 valence electrons. The van der Waals surface area contributed by atoms with Crippen LogP contribution in [0, 0.1) is 5.41 Å². The molecule has 2 aromatic rings. The highest BCUT2D eigenvalue weighted by Gasteiger charge is 2.54. The Kier molecular flexibility index (Phi) is 4.93. The van der Waals surface area contributed by atoms with E-state index in [0.717, 1.165) is 24.8 Å². The van der Waals surface area contributed by atoms with E-state index in [1.165, 1.54) is 6.42 Å². The molecule has 2 N–H and O–H groups in total. The minimum Gasteiger partial charge on any atom is -0.454 e. The summed E-state index contributed by atoms with van der Waals surface area (Å²) < 4.78 is 16.0. The van der Waals surface area contributed by atoms with Crippen LogP contribution in [0.1, 0.15) is 38.4 Å². The summed E-state index contributed by atoms with van der Waals surface area (Å²) >= 11 is 0. The van der Waals surface area contributed by atoms with Crippen molar-refractivity contribution in [3.8, 4) is 23.0 Å². The van der Waals surface area contributed by atoms with E-state index in [4.69, 9.17) is 14.0 Å². The molecule has 0 unspecified atom stereocenters. The Morgan fingerprint density at radius 1 is 1.32 bits per heavy atom. The van der Waals surface area contributed by atoms with Crippen LogP contribution >= 0.6 is 12.4 Å². The molecule has 1 aromatic heterocycles. The van der Waals surface area contributed by atoms with Crippen molar-refractivity contribution in [1.29, 1.82) is 0 Å². The Hall–Kier alpha value is -2.32. The summed E-state index contributed by atoms with van der Waals surface area (Å²) in [7, 11) is 0. The fourth-order valence-corrected chi connectivity index (χ4v) is 4.61. The Bertz CT molecular complexity index is 889. The number of benzene rings is 1. The molecule has 0 radical (unpaired) electrons. The van der Waals surface area contributed by atoms with Crippen LogP contribution in [0.3, 0.4) is 0 Å². The second-order valence-corrected chi connectivity index (χ2v) is 7.47. The molecule has 28 heavy (non-hydrogen) atoms. The van der Waals surface area contributed by atoms with Crippen molar-refractivity contribution in [1.82, 2.24) is 20.8 Å². The topological polar surface area (TPSA) is 98.5 Å². The van der Waals surface area contributed by atoms with Crippen LogP contribution < -0.4 is 20.1 Å². The molecule has 4 heterocycles. The third kappa shape index (κ3) is 3.00. The second-order valence-electron chi connectivity index (χ2n) is 7.47. The summed E-state index contributed by atoms with van der Waals surface area (Å²) in [6, 6.07) is 6.23. The Morgan fingerprint density at radius 3 is 2.93 bits per heavy atom. The average molecular weight is 407 g/mol. The first-order chi connectivity index (χ1) is 13.2. The van der Waals surface area contributed by atoms with Gasteiger partial charge in [-0.3, -0.25) is 4.79 Å². The summed E-state index contributed by atoms with van der Waals surface area (Å²) in [5, 5.41) is 10.6. The van der Waals surface area contributed by atoms with Crippen LogP contribution in [0.15, 0.2) is 22.7 Å². The first-order valence-electron chi connectivity index (χ1n) is 9.45. The molecule has 3 aliphatic rings. The monoisotopic (exact) mass is 406 g/mol. The smallest absolute Gasteiger partial charge is 0.258 e. The van der Waals surface area contributed by atoms with Crippen LogP contribution in [0.5, 0.6) is 11.5 Å². The number of fused-ring (bicyclic) bond motifs is 3. The molecule has 3 atom stereocenters. The van der Waals surface area contributed by atoms with Gasteiger partial charge in [0, 0.05) is 17.6 Å². The predicted octanol–water partition coefficient (Wildman–Crippen LogP) is 2.42. The SMILES string of the molecule is CC[C@@]1(C(=O)NCc2noc(-c3ccc4c(c3)OCO4)n2)C[C@@H]2CC[C@H]1N2.Cl. The molecule has 0 spiro atoms. The van der Waals surface area contributed by atoms with Gasteiger partial charge in [-0.2, -0.15) is 4.98 Å². The quantitative estimate of drug-likeness (QED) is 0.786. The first-order valence-corrected chi connectivity index (χ1v) is 9.45. The number of rotatable bonds is 5. The zero-order valence-electron chi connectivity index (χ0n) is 15.6. The van der Waals surface area contributed by atoms with Crippen LogP contribution in [0.4, 0.5) is 0 Å². The molecule has 3 aliphatic heterocycles. The van der Waals surface area contributed by atoms with E-state index >= 15 is 0 Å². The largest absolute Gasteiger partial charge is 0.454 e. The minimum absolute atomic E-state index is 0. The second kappa shape index (κ2) is 7.25. The van der Waals surface area contributed by atoms with E-state index in [2.05, 4.69) is 27.7 Å². The van der Waals surface area contributed by atoms with Gasteiger partial charge in [0.25, 0.3) is 5.89 Å². The van der Waals surface area contributed by atoms with Gasteiger partial charge in [0.15, 0.2) is 17.3 Å². The molecule has 5 rings (SSSR count). The number of carbonyl (C=O) groups is 1. The standard InChI is InChI=1S/C19H22N4O4.ClH/c1-2-19(8-12-4-6-15(19)21-12)18(24)20-9-16-22-17(27-23-16)11-3-5-13-14(7-11)26-10-25-13;/h3,5,7,12,15,21H,2,4,6,8-10H2,1H3,(H,20,24);1H/t12-,15+,19+;/m0./s1. The number of nitrogens with one attached hydrogen (secondary N) is 2. The van der Waals surface area contributed by atoms with Crippen molar-refractivity contribution < 1.29 is 18.8 Å². The number of nitrogens with zero attached hydrogens (tertiary/aromatic N) is 2. The van der Waals surface area contributed by atoms with E-state index in [-0.39, 0.29) is 43.1 Å². The van der Waals surface area contributed by atoms with Gasteiger partial charge in [0.05, 0.1) is 12.0 Å². The van der Waals surface area contributed by atoms with E-state index in [9.17, 15) is 4.79 Å². The lowest BCUT2D eigenvalue weighted by atomic mass is 9.71. The summed E-state index contributed by atoms with van der Waals surface area (Å²) in [6.07, 6.45) is 3.99. The van der Waals surface area contributed by atoms with Crippen LogP contribution in [0.25, 0.3) is 11.5 Å². The third-order valence-electron chi connectivity index (χ3n) is 6.10. The maximum atomic E-state index is 12.9. The number of ether oxygens (including phenoxy) is 2. The van der Waals surface area contributed by atoms with Crippen LogP contribution in [-0.4, -0.2) is 34.9 Å². The van der Waals surface area contributed by atoms with Gasteiger partial charge >= 0.3 is 0 Å². The Morgan fingerprint density at radius 2 is 2.18 bits per heavy atom. The van der Waals surface area contributed by atoms with Gasteiger partial charge < -0.3 is 24.6 Å². The molecule has 0 aliphatic carbocycles. The number of amides is 1. The third-order valence-corrected chi connectivity index (χ3v) is 6.10. The highest BCUT2D eigenvalue weighted by atomic mass is 35.5. The lowest BCUT2D eigenvalue weighted by Gasteiger charge is -2.34. The maximum absolute atomic E-state index is 12.9. The summed E-state index contributed by atoms with van der Waals surface area (Å²) in [6.45, 7) is 2.57. The Balaban J connectivity index is 0.00000192. The number of hydrogen-bond donors (Lipinski definition) is 2. The molecular formula is C19H23ClN4O4. The highest BCUT2D eigenvalue weighted by Crippen LogP contribution is 2.46. The molecule has 2 saturated heterocycles. The molecule has 2 bridgehead atoms. The van der Waals surface area contributed by atoms with Gasteiger partial charge in [-0.1, -0.05) is 12.1 Å². The van der Waals surface area contributed by atoms with Crippen molar-refractivity contribution in [2.24, 2.45) is 5.41 Å². The number of halogens is 1. The Labute approximate surface area is 168 Å². The summed E-state index contributed by atoms with van der Waals surface area (Å²) in [5.74, 6) is 2.30. The molecule has 1 aromatic carbocycles. The van der Waals surface area contributed by atoms with Crippen molar-refractivity contribution in [2.45, 2.75) is 51.2 Å². The average Bonchev–Trinajstić information content (AvgIpc) is 3.48. The zero-order valence-corrected chi connectivity index (χ0v) is 16.4. The van der Waals surface area contributed by atoms with E-state index in [1.54, 1.807) is 0 Å². The van der Waals surface area contributed by atoms with E-state index < -0.39 is 0 Å². The lowest BCUT2D eigenvalue weighted by molar-refractivity contribution is -0.132. The number of aromatic nitrogens is 2. The molecular weight excluding hydrogens is 384 g/mol. The van der Waals surface area contributed by atoms with Gasteiger partial charge in [0.1, 0.15) is 0 Å². The normalized spacial score (nSPS) is 26.9. The minimum atomic E-state index is -0.313. The van der Waals surface area contributed by atoms with Crippen molar-refractivity contribution in [3.63, 3.8) is 0 Å². The maximum Gasteiger partial charge on any atom is 0.258 e. The number of carbonyl (C=O) groups excluding carboxylic acids is 1. The van der Waals surface area contributed by atoms with Crippen LogP contribution in [-0.2, 0) is 11.3 Å². The lowest BCUT2D eigenvalue weighted by Crippen LogP contribution is -2.48. The van der Waals surface area contributed by atoms with Crippen molar-refractivity contribution in [2.75, 3.05) is 6.79 Å².